The third-order valence-electron chi connectivity index (χ3n) is 6.28. The zero-order chi connectivity index (χ0) is 21.5. The Balaban J connectivity index is 1.43. The van der Waals surface area contributed by atoms with Gasteiger partial charge in [-0.3, -0.25) is 0 Å². The van der Waals surface area contributed by atoms with Crippen LogP contribution in [0.4, 0.5) is 0 Å². The highest BCUT2D eigenvalue weighted by Gasteiger charge is 2.24. The fraction of sp³-hybridized carbons (Fsp3) is 0.292. The molecule has 2 aliphatic rings. The average molecular weight is 447 g/mol. The maximum Gasteiger partial charge on any atom is 0.183 e. The Kier molecular flexibility index (Phi) is 4.92. The smallest absolute Gasteiger partial charge is 0.183 e. The monoisotopic (exact) mass is 446 g/mol. The van der Waals surface area contributed by atoms with Gasteiger partial charge in [-0.2, -0.15) is 5.10 Å². The van der Waals surface area contributed by atoms with Gasteiger partial charge in [-0.05, 0) is 61.7 Å². The maximum atomic E-state index is 6.42. The Hall–Kier alpha value is -3.16. The molecule has 1 saturated heterocycles. The molecule has 0 radical (unpaired) electrons. The molecule has 4 heterocycles. The van der Waals surface area contributed by atoms with E-state index < -0.39 is 0 Å². The second-order valence-electron chi connectivity index (χ2n) is 8.22. The summed E-state index contributed by atoms with van der Waals surface area (Å²) < 4.78 is 9.94. The van der Waals surface area contributed by atoms with Crippen LogP contribution in [0.25, 0.3) is 28.6 Å². The minimum absolute atomic E-state index is 0.566. The molecule has 0 aliphatic carbocycles. The van der Waals surface area contributed by atoms with E-state index in [0.29, 0.717) is 23.4 Å². The van der Waals surface area contributed by atoms with Gasteiger partial charge < -0.3 is 14.6 Å². The van der Waals surface area contributed by atoms with Gasteiger partial charge in [-0.25, -0.2) is 14.6 Å². The van der Waals surface area contributed by atoms with Crippen molar-refractivity contribution in [2.45, 2.75) is 25.3 Å². The first-order valence-electron chi connectivity index (χ1n) is 11.0. The standard InChI is InChI=1S/C24H23ClN6O/c25-19-3-1-2-4-21(19)31-24(27-15-28-31)20-14-30-11-12-32-22-6-5-17(13-18(22)23(30)29-20)16-7-9-26-10-8-16/h1-6,13-16,26H,7-12H2. The third-order valence-corrected chi connectivity index (χ3v) is 6.60. The summed E-state index contributed by atoms with van der Waals surface area (Å²) in [5, 5.41) is 8.47. The van der Waals surface area contributed by atoms with Gasteiger partial charge in [-0.15, -0.1) is 0 Å². The molecule has 0 amide bonds. The van der Waals surface area contributed by atoms with E-state index in [0.717, 1.165) is 61.0 Å². The molecule has 1 N–H and O–H groups in total. The van der Waals surface area contributed by atoms with Crippen molar-refractivity contribution < 1.29 is 4.74 Å². The molecule has 32 heavy (non-hydrogen) atoms. The minimum atomic E-state index is 0.566. The Morgan fingerprint density at radius 3 is 2.81 bits per heavy atom. The van der Waals surface area contributed by atoms with Gasteiger partial charge in [0.1, 0.15) is 30.2 Å². The second kappa shape index (κ2) is 8.07. The van der Waals surface area contributed by atoms with E-state index in [1.54, 1.807) is 4.68 Å². The lowest BCUT2D eigenvalue weighted by Crippen LogP contribution is -2.26. The lowest BCUT2D eigenvalue weighted by molar-refractivity contribution is 0.306. The molecule has 0 bridgehead atoms. The van der Waals surface area contributed by atoms with Gasteiger partial charge in [-0.1, -0.05) is 29.8 Å². The van der Waals surface area contributed by atoms with E-state index in [-0.39, 0.29) is 0 Å². The fourth-order valence-electron chi connectivity index (χ4n) is 4.64. The van der Waals surface area contributed by atoms with Crippen LogP contribution in [0.5, 0.6) is 5.75 Å². The number of fused-ring (bicyclic) bond motifs is 3. The van der Waals surface area contributed by atoms with Crippen LogP contribution in [0.15, 0.2) is 55.0 Å². The second-order valence-corrected chi connectivity index (χ2v) is 8.63. The number of hydrogen-bond acceptors (Lipinski definition) is 5. The van der Waals surface area contributed by atoms with E-state index in [2.05, 4.69) is 38.2 Å². The van der Waals surface area contributed by atoms with Crippen LogP contribution in [-0.2, 0) is 6.54 Å². The summed E-state index contributed by atoms with van der Waals surface area (Å²) in [5.41, 5.74) is 3.93. The summed E-state index contributed by atoms with van der Waals surface area (Å²) in [5.74, 6) is 3.01. The van der Waals surface area contributed by atoms with Gasteiger partial charge in [0.15, 0.2) is 5.82 Å². The molecule has 1 fully saturated rings. The predicted molar refractivity (Wildman–Crippen MR) is 123 cm³/mol. The van der Waals surface area contributed by atoms with Crippen LogP contribution in [0.1, 0.15) is 24.3 Å². The molecule has 2 aromatic carbocycles. The molecule has 0 spiro atoms. The molecule has 0 unspecified atom stereocenters. The summed E-state index contributed by atoms with van der Waals surface area (Å²) in [7, 11) is 0. The van der Waals surface area contributed by atoms with Crippen LogP contribution < -0.4 is 10.1 Å². The van der Waals surface area contributed by atoms with Gasteiger partial charge >= 0.3 is 0 Å². The van der Waals surface area contributed by atoms with Crippen LogP contribution in [0.3, 0.4) is 0 Å². The SMILES string of the molecule is Clc1ccccc1-n1ncnc1-c1cn2c(n1)-c1cc(C3CCNCC3)ccc1OCC2. The highest BCUT2D eigenvalue weighted by atomic mass is 35.5. The van der Waals surface area contributed by atoms with Crippen molar-refractivity contribution in [2.75, 3.05) is 19.7 Å². The molecule has 8 heteroatoms. The lowest BCUT2D eigenvalue weighted by atomic mass is 9.89. The number of para-hydroxylation sites is 1. The van der Waals surface area contributed by atoms with Gasteiger partial charge in [0, 0.05) is 6.20 Å². The van der Waals surface area contributed by atoms with Crippen LogP contribution in [0, 0.1) is 0 Å². The quantitative estimate of drug-likeness (QED) is 0.507. The van der Waals surface area contributed by atoms with Gasteiger partial charge in [0.25, 0.3) is 0 Å². The van der Waals surface area contributed by atoms with E-state index in [1.807, 2.05) is 30.5 Å². The molecule has 0 saturated carbocycles. The first-order valence-corrected chi connectivity index (χ1v) is 11.4. The van der Waals surface area contributed by atoms with Crippen LogP contribution >= 0.6 is 11.6 Å². The molecular weight excluding hydrogens is 424 g/mol. The van der Waals surface area contributed by atoms with E-state index in [9.17, 15) is 0 Å². The zero-order valence-electron chi connectivity index (χ0n) is 17.5. The molecule has 2 aromatic heterocycles. The summed E-state index contributed by atoms with van der Waals surface area (Å²) in [6, 6.07) is 14.2. The van der Waals surface area contributed by atoms with E-state index >= 15 is 0 Å². The van der Waals surface area contributed by atoms with Crippen LogP contribution in [-0.4, -0.2) is 44.0 Å². The number of halogens is 1. The van der Waals surface area contributed by atoms with Crippen molar-refractivity contribution in [1.82, 2.24) is 29.6 Å². The van der Waals surface area contributed by atoms with Crippen molar-refractivity contribution in [1.29, 1.82) is 0 Å². The van der Waals surface area contributed by atoms with Crippen molar-refractivity contribution in [3.8, 4) is 34.3 Å². The Bertz CT molecular complexity index is 1270. The average Bonchev–Trinajstić information content (AvgIpc) is 3.44. The highest BCUT2D eigenvalue weighted by Crippen LogP contribution is 2.37. The maximum absolute atomic E-state index is 6.42. The third kappa shape index (κ3) is 3.38. The Morgan fingerprint density at radius 1 is 1.06 bits per heavy atom. The molecule has 4 aromatic rings. The molecule has 6 rings (SSSR count). The van der Waals surface area contributed by atoms with Crippen molar-refractivity contribution in [3.05, 3.63) is 65.6 Å². The number of benzene rings is 2. The summed E-state index contributed by atoms with van der Waals surface area (Å²) in [6.07, 6.45) is 5.87. The number of ether oxygens (including phenoxy) is 1. The van der Waals surface area contributed by atoms with Crippen LogP contribution in [0.2, 0.25) is 5.02 Å². The zero-order valence-corrected chi connectivity index (χ0v) is 18.3. The largest absolute Gasteiger partial charge is 0.491 e. The number of aromatic nitrogens is 5. The van der Waals surface area contributed by atoms with Gasteiger partial charge in [0.2, 0.25) is 0 Å². The van der Waals surface area contributed by atoms with Crippen molar-refractivity contribution in [2.24, 2.45) is 0 Å². The minimum Gasteiger partial charge on any atom is -0.491 e. The first kappa shape index (κ1) is 19.5. The number of nitrogens with one attached hydrogen (secondary N) is 1. The normalized spacial score (nSPS) is 16.2. The lowest BCUT2D eigenvalue weighted by Gasteiger charge is -2.23. The number of hydrogen-bond donors (Lipinski definition) is 1. The molecule has 162 valence electrons. The van der Waals surface area contributed by atoms with Gasteiger partial charge in [0.05, 0.1) is 22.8 Å². The molecule has 2 aliphatic heterocycles. The predicted octanol–water partition coefficient (Wildman–Crippen LogP) is 4.31. The number of piperidine rings is 1. The summed E-state index contributed by atoms with van der Waals surface area (Å²) in [4.78, 5) is 9.50. The highest BCUT2D eigenvalue weighted by molar-refractivity contribution is 6.32. The topological polar surface area (TPSA) is 69.8 Å². The first-order chi connectivity index (χ1) is 15.8. The number of rotatable bonds is 3. The van der Waals surface area contributed by atoms with Crippen molar-refractivity contribution >= 4 is 11.6 Å². The molecular formula is C24H23ClN6O. The fourth-order valence-corrected chi connectivity index (χ4v) is 4.85. The summed E-state index contributed by atoms with van der Waals surface area (Å²) >= 11 is 6.42. The summed E-state index contributed by atoms with van der Waals surface area (Å²) in [6.45, 7) is 3.45. The number of nitrogens with zero attached hydrogens (tertiary/aromatic N) is 5. The Morgan fingerprint density at radius 2 is 1.94 bits per heavy atom. The van der Waals surface area contributed by atoms with Crippen molar-refractivity contribution in [3.63, 3.8) is 0 Å². The van der Waals surface area contributed by atoms with E-state index in [1.165, 1.54) is 11.9 Å². The molecule has 7 nitrogen and oxygen atoms in total. The van der Waals surface area contributed by atoms with E-state index in [4.69, 9.17) is 21.3 Å². The molecule has 0 atom stereocenters. The number of imidazole rings is 1. The Labute approximate surface area is 191 Å².